The van der Waals surface area contributed by atoms with Crippen LogP contribution in [0.5, 0.6) is 0 Å². The molecule has 0 saturated heterocycles. The predicted octanol–water partition coefficient (Wildman–Crippen LogP) is 1.12. The zero-order valence-electron chi connectivity index (χ0n) is 10.5. The van der Waals surface area contributed by atoms with Gasteiger partial charge in [0, 0.05) is 17.0 Å². The number of aromatic nitrogens is 4. The number of aromatic amines is 1. The van der Waals surface area contributed by atoms with Gasteiger partial charge < -0.3 is 10.1 Å². The van der Waals surface area contributed by atoms with Gasteiger partial charge in [-0.3, -0.25) is 4.79 Å². The molecule has 2 N–H and O–H groups in total. The molecular weight excluding hydrogens is 260 g/mol. The van der Waals surface area contributed by atoms with Crippen LogP contribution in [0.15, 0.2) is 35.3 Å². The Balaban J connectivity index is 2.33. The Morgan fingerprint density at radius 3 is 2.80 bits per heavy atom. The Kier molecular flexibility index (Phi) is 2.60. The molecule has 2 aromatic heterocycles. The highest BCUT2D eigenvalue weighted by atomic mass is 16.4. The molecule has 0 aliphatic heterocycles. The summed E-state index contributed by atoms with van der Waals surface area (Å²) in [5, 5.41) is 17.7. The lowest BCUT2D eigenvalue weighted by Gasteiger charge is -2.06. The van der Waals surface area contributed by atoms with E-state index in [0.717, 1.165) is 0 Å². The lowest BCUT2D eigenvalue weighted by molar-refractivity contribution is 0.0689. The lowest BCUT2D eigenvalue weighted by Crippen LogP contribution is -2.08. The normalized spacial score (nSPS) is 10.8. The van der Waals surface area contributed by atoms with E-state index in [0.29, 0.717) is 22.2 Å². The maximum Gasteiger partial charge on any atom is 0.358 e. The van der Waals surface area contributed by atoms with Crippen molar-refractivity contribution >= 4 is 16.7 Å². The molecule has 0 radical (unpaired) electrons. The van der Waals surface area contributed by atoms with Gasteiger partial charge in [-0.1, -0.05) is 11.3 Å². The maximum atomic E-state index is 11.8. The van der Waals surface area contributed by atoms with Crippen molar-refractivity contribution in [2.24, 2.45) is 0 Å². The molecule has 100 valence electrons. The number of H-pyrrole nitrogens is 1. The Labute approximate surface area is 112 Å². The minimum absolute atomic E-state index is 0.105. The van der Waals surface area contributed by atoms with Gasteiger partial charge in [0.15, 0.2) is 5.69 Å². The van der Waals surface area contributed by atoms with Crippen LogP contribution in [0.2, 0.25) is 0 Å². The van der Waals surface area contributed by atoms with Crippen molar-refractivity contribution in [3.63, 3.8) is 0 Å². The first-order valence-electron chi connectivity index (χ1n) is 5.86. The molecule has 0 aliphatic carbocycles. The van der Waals surface area contributed by atoms with Crippen molar-refractivity contribution in [2.45, 2.75) is 6.92 Å². The zero-order valence-corrected chi connectivity index (χ0v) is 10.5. The topological polar surface area (TPSA) is 101 Å². The second-order valence-corrected chi connectivity index (χ2v) is 4.29. The summed E-state index contributed by atoms with van der Waals surface area (Å²) in [5.41, 5.74) is 0.712. The number of nitrogens with one attached hydrogen (secondary N) is 1. The number of benzene rings is 1. The fourth-order valence-electron chi connectivity index (χ4n) is 2.14. The Morgan fingerprint density at radius 1 is 1.30 bits per heavy atom. The molecule has 0 aliphatic rings. The molecule has 0 spiro atoms. The Hall–Kier alpha value is -2.96. The van der Waals surface area contributed by atoms with Crippen LogP contribution in [-0.4, -0.2) is 31.1 Å². The number of hydrogen-bond acceptors (Lipinski definition) is 4. The molecule has 3 aromatic rings. The minimum atomic E-state index is -1.13. The van der Waals surface area contributed by atoms with E-state index >= 15 is 0 Å². The van der Waals surface area contributed by atoms with Crippen LogP contribution >= 0.6 is 0 Å². The third kappa shape index (κ3) is 1.68. The van der Waals surface area contributed by atoms with Gasteiger partial charge in [0.05, 0.1) is 11.4 Å². The Bertz CT molecular complexity index is 879. The lowest BCUT2D eigenvalue weighted by atomic mass is 10.1. The average molecular weight is 270 g/mol. The third-order valence-electron chi connectivity index (χ3n) is 3.12. The van der Waals surface area contributed by atoms with Gasteiger partial charge in [0.25, 0.3) is 5.56 Å². The van der Waals surface area contributed by atoms with Crippen molar-refractivity contribution in [1.29, 1.82) is 0 Å². The van der Waals surface area contributed by atoms with E-state index in [-0.39, 0.29) is 11.3 Å². The van der Waals surface area contributed by atoms with Gasteiger partial charge >= 0.3 is 5.97 Å². The largest absolute Gasteiger partial charge is 0.476 e. The highest BCUT2D eigenvalue weighted by molar-refractivity contribution is 5.90. The molecule has 0 amide bonds. The summed E-state index contributed by atoms with van der Waals surface area (Å²) in [6.07, 6.45) is 1.54. The van der Waals surface area contributed by atoms with Crippen LogP contribution in [0, 0.1) is 6.92 Å². The van der Waals surface area contributed by atoms with Gasteiger partial charge in [0.2, 0.25) is 0 Å². The van der Waals surface area contributed by atoms with E-state index in [9.17, 15) is 9.59 Å². The first-order valence-corrected chi connectivity index (χ1v) is 5.86. The van der Waals surface area contributed by atoms with E-state index in [1.807, 2.05) is 0 Å². The third-order valence-corrected chi connectivity index (χ3v) is 3.12. The summed E-state index contributed by atoms with van der Waals surface area (Å²) >= 11 is 0. The minimum Gasteiger partial charge on any atom is -0.476 e. The first-order chi connectivity index (χ1) is 9.59. The second kappa shape index (κ2) is 4.30. The average Bonchev–Trinajstić information content (AvgIpc) is 2.80. The van der Waals surface area contributed by atoms with Crippen LogP contribution in [0.3, 0.4) is 0 Å². The Morgan fingerprint density at radius 2 is 2.10 bits per heavy atom. The number of rotatable bonds is 2. The van der Waals surface area contributed by atoms with Gasteiger partial charge in [-0.25, -0.2) is 9.48 Å². The fourth-order valence-corrected chi connectivity index (χ4v) is 2.14. The molecule has 0 fully saturated rings. The fraction of sp³-hybridized carbons (Fsp3) is 0.0769. The zero-order chi connectivity index (χ0) is 14.3. The molecule has 20 heavy (non-hydrogen) atoms. The summed E-state index contributed by atoms with van der Waals surface area (Å²) in [7, 11) is 0. The van der Waals surface area contributed by atoms with E-state index in [1.165, 1.54) is 4.68 Å². The molecule has 0 bridgehead atoms. The molecule has 3 rings (SSSR count). The number of fused-ring (bicyclic) bond motifs is 1. The van der Waals surface area contributed by atoms with Gasteiger partial charge in [-0.15, -0.1) is 5.10 Å². The summed E-state index contributed by atoms with van der Waals surface area (Å²) in [6.45, 7) is 1.62. The van der Waals surface area contributed by atoms with E-state index < -0.39 is 5.97 Å². The molecule has 7 heteroatoms. The number of carbonyl (C=O) groups is 1. The number of hydrogen-bond donors (Lipinski definition) is 2. The van der Waals surface area contributed by atoms with Gasteiger partial charge in [-0.2, -0.15) is 0 Å². The van der Waals surface area contributed by atoms with E-state index in [1.54, 1.807) is 37.4 Å². The number of carboxylic acid groups (broad SMARTS) is 1. The molecule has 0 atom stereocenters. The number of aromatic carboxylic acids is 1. The van der Waals surface area contributed by atoms with E-state index in [2.05, 4.69) is 15.3 Å². The molecule has 7 nitrogen and oxygen atoms in total. The van der Waals surface area contributed by atoms with Crippen molar-refractivity contribution in [3.05, 3.63) is 52.2 Å². The number of nitrogens with zero attached hydrogens (tertiary/aromatic N) is 3. The summed E-state index contributed by atoms with van der Waals surface area (Å²) < 4.78 is 1.42. The van der Waals surface area contributed by atoms with Crippen LogP contribution in [0.1, 0.15) is 16.2 Å². The smallest absolute Gasteiger partial charge is 0.358 e. The number of carboxylic acids is 1. The number of pyridine rings is 1. The van der Waals surface area contributed by atoms with Crippen molar-refractivity contribution < 1.29 is 9.90 Å². The summed E-state index contributed by atoms with van der Waals surface area (Å²) in [5.74, 6) is -1.13. The quantitative estimate of drug-likeness (QED) is 0.726. The van der Waals surface area contributed by atoms with Crippen LogP contribution < -0.4 is 5.56 Å². The summed E-state index contributed by atoms with van der Waals surface area (Å²) in [4.78, 5) is 25.4. The van der Waals surface area contributed by atoms with Crippen molar-refractivity contribution in [2.75, 3.05) is 0 Å². The molecule has 0 saturated carbocycles. The monoisotopic (exact) mass is 270 g/mol. The van der Waals surface area contributed by atoms with Gasteiger partial charge in [0.1, 0.15) is 0 Å². The molecule has 0 unspecified atom stereocenters. The van der Waals surface area contributed by atoms with Crippen LogP contribution in [0.4, 0.5) is 0 Å². The molecule has 1 aromatic carbocycles. The SMILES string of the molecule is Cc1c(C(=O)O)nnn1-c1cccc2c(=O)[nH]ccc12. The molecular formula is C13H10N4O3. The molecule has 2 heterocycles. The second-order valence-electron chi connectivity index (χ2n) is 4.29. The highest BCUT2D eigenvalue weighted by Crippen LogP contribution is 2.20. The van der Waals surface area contributed by atoms with Crippen molar-refractivity contribution in [3.8, 4) is 5.69 Å². The van der Waals surface area contributed by atoms with E-state index in [4.69, 9.17) is 5.11 Å². The van der Waals surface area contributed by atoms with Crippen LogP contribution in [0.25, 0.3) is 16.5 Å². The predicted molar refractivity (Wildman–Crippen MR) is 71.2 cm³/mol. The maximum absolute atomic E-state index is 11.8. The van der Waals surface area contributed by atoms with Crippen LogP contribution in [-0.2, 0) is 0 Å². The van der Waals surface area contributed by atoms with Gasteiger partial charge in [-0.05, 0) is 25.1 Å². The van der Waals surface area contributed by atoms with Crippen molar-refractivity contribution in [1.82, 2.24) is 20.0 Å². The summed E-state index contributed by atoms with van der Waals surface area (Å²) in [6, 6.07) is 6.92. The standard InChI is InChI=1S/C13H10N4O3/c1-7-11(13(19)20)15-16-17(7)10-4-2-3-9-8(10)5-6-14-12(9)18/h2-6H,1H3,(H,14,18)(H,19,20). The highest BCUT2D eigenvalue weighted by Gasteiger charge is 2.17. The first kappa shape index (κ1) is 12.1.